The summed E-state index contributed by atoms with van der Waals surface area (Å²) >= 11 is 0. The van der Waals surface area contributed by atoms with Crippen molar-refractivity contribution >= 4 is 11.2 Å². The van der Waals surface area contributed by atoms with E-state index in [0.29, 0.717) is 5.92 Å². The lowest BCUT2D eigenvalue weighted by atomic mass is 9.99. The Morgan fingerprint density at radius 2 is 1.86 bits per heavy atom. The number of hydrogen-bond acceptors (Lipinski definition) is 4. The summed E-state index contributed by atoms with van der Waals surface area (Å²) in [5.41, 5.74) is 2.73. The fourth-order valence-electron chi connectivity index (χ4n) is 3.02. The van der Waals surface area contributed by atoms with Crippen LogP contribution < -0.4 is 0 Å². The Balaban J connectivity index is 1.91. The van der Waals surface area contributed by atoms with E-state index in [1.54, 1.807) is 18.3 Å². The van der Waals surface area contributed by atoms with Crippen LogP contribution in [0.1, 0.15) is 24.6 Å². The van der Waals surface area contributed by atoms with Crippen molar-refractivity contribution in [3.8, 4) is 11.4 Å². The molecule has 22 heavy (non-hydrogen) atoms. The molecule has 1 fully saturated rings. The summed E-state index contributed by atoms with van der Waals surface area (Å²) in [7, 11) is 0. The second-order valence-electron chi connectivity index (χ2n) is 5.55. The first kappa shape index (κ1) is 13.3. The molecule has 0 spiro atoms. The average molecular weight is 295 g/mol. The number of pyridine rings is 1. The molecule has 0 bridgehead atoms. The van der Waals surface area contributed by atoms with Gasteiger partial charge in [0, 0.05) is 31.0 Å². The number of phenols is 1. The Morgan fingerprint density at radius 1 is 1.09 bits per heavy atom. The van der Waals surface area contributed by atoms with Gasteiger partial charge in [0.25, 0.3) is 0 Å². The van der Waals surface area contributed by atoms with Gasteiger partial charge in [-0.25, -0.2) is 9.97 Å². The molecule has 5 heteroatoms. The van der Waals surface area contributed by atoms with E-state index in [-0.39, 0.29) is 5.75 Å². The van der Waals surface area contributed by atoms with Gasteiger partial charge in [0.15, 0.2) is 5.65 Å². The minimum atomic E-state index is 0.258. The molecule has 0 amide bonds. The van der Waals surface area contributed by atoms with Gasteiger partial charge in [-0.3, -0.25) is 4.57 Å². The highest BCUT2D eigenvalue weighted by Gasteiger charge is 2.24. The number of benzene rings is 1. The lowest BCUT2D eigenvalue weighted by molar-refractivity contribution is 0.0834. The van der Waals surface area contributed by atoms with E-state index in [4.69, 9.17) is 9.72 Å². The first-order chi connectivity index (χ1) is 10.8. The van der Waals surface area contributed by atoms with Gasteiger partial charge in [-0.1, -0.05) is 0 Å². The normalized spacial score (nSPS) is 16.2. The topological polar surface area (TPSA) is 60.2 Å². The Hall–Kier alpha value is -2.40. The number of fused-ring (bicyclic) bond motifs is 1. The minimum absolute atomic E-state index is 0.258. The Kier molecular flexibility index (Phi) is 3.27. The Morgan fingerprint density at radius 3 is 2.64 bits per heavy atom. The molecule has 3 aromatic rings. The van der Waals surface area contributed by atoms with E-state index >= 15 is 0 Å². The maximum atomic E-state index is 9.53. The number of aromatic hydroxyl groups is 1. The van der Waals surface area contributed by atoms with Crippen molar-refractivity contribution in [2.24, 2.45) is 0 Å². The summed E-state index contributed by atoms with van der Waals surface area (Å²) < 4.78 is 7.57. The summed E-state index contributed by atoms with van der Waals surface area (Å²) in [6.07, 6.45) is 3.73. The predicted molar refractivity (Wildman–Crippen MR) is 83.3 cm³/mol. The van der Waals surface area contributed by atoms with Crippen LogP contribution in [-0.2, 0) is 4.74 Å². The molecule has 0 atom stereocenters. The van der Waals surface area contributed by atoms with Gasteiger partial charge in [-0.05, 0) is 49.2 Å². The van der Waals surface area contributed by atoms with Gasteiger partial charge in [-0.2, -0.15) is 0 Å². The van der Waals surface area contributed by atoms with Crippen LogP contribution >= 0.6 is 0 Å². The molecule has 1 aliphatic heterocycles. The first-order valence-corrected chi connectivity index (χ1v) is 7.53. The van der Waals surface area contributed by atoms with Crippen LogP contribution in [0.15, 0.2) is 42.6 Å². The van der Waals surface area contributed by atoms with Crippen molar-refractivity contribution in [3.05, 3.63) is 48.4 Å². The largest absolute Gasteiger partial charge is 0.508 e. The molecule has 1 N–H and O–H groups in total. The lowest BCUT2D eigenvalue weighted by Gasteiger charge is -2.22. The molecule has 1 aliphatic rings. The van der Waals surface area contributed by atoms with Crippen molar-refractivity contribution in [3.63, 3.8) is 0 Å². The third-order valence-electron chi connectivity index (χ3n) is 4.14. The van der Waals surface area contributed by atoms with Gasteiger partial charge in [0.05, 0.1) is 0 Å². The van der Waals surface area contributed by atoms with Crippen molar-refractivity contribution in [1.82, 2.24) is 14.5 Å². The molecule has 0 radical (unpaired) electrons. The monoisotopic (exact) mass is 295 g/mol. The summed E-state index contributed by atoms with van der Waals surface area (Å²) in [6.45, 7) is 1.55. The number of imidazole rings is 1. The summed E-state index contributed by atoms with van der Waals surface area (Å²) in [5.74, 6) is 1.66. The third-order valence-corrected chi connectivity index (χ3v) is 4.14. The standard InChI is InChI=1S/C17H17N3O2/c21-14-5-3-13(4-6-14)20-16(12-7-10-22-11-8-12)19-15-2-1-9-18-17(15)20/h1-6,9,12,21H,7-8,10-11H2. The summed E-state index contributed by atoms with van der Waals surface area (Å²) in [5, 5.41) is 9.53. The van der Waals surface area contributed by atoms with Crippen LogP contribution in [0, 0.1) is 0 Å². The van der Waals surface area contributed by atoms with Gasteiger partial charge in [0.1, 0.15) is 17.1 Å². The van der Waals surface area contributed by atoms with Gasteiger partial charge >= 0.3 is 0 Å². The van der Waals surface area contributed by atoms with Crippen molar-refractivity contribution < 1.29 is 9.84 Å². The first-order valence-electron chi connectivity index (χ1n) is 7.53. The van der Waals surface area contributed by atoms with E-state index < -0.39 is 0 Å². The second-order valence-corrected chi connectivity index (χ2v) is 5.55. The van der Waals surface area contributed by atoms with Crippen molar-refractivity contribution in [1.29, 1.82) is 0 Å². The molecule has 5 nitrogen and oxygen atoms in total. The van der Waals surface area contributed by atoms with Crippen LogP contribution in [0.25, 0.3) is 16.9 Å². The zero-order valence-corrected chi connectivity index (χ0v) is 12.1. The molecular formula is C17H17N3O2. The average Bonchev–Trinajstić information content (AvgIpc) is 2.96. The van der Waals surface area contributed by atoms with E-state index in [9.17, 15) is 5.11 Å². The third kappa shape index (κ3) is 2.23. The Bertz CT molecular complexity index is 789. The number of hydrogen-bond donors (Lipinski definition) is 1. The van der Waals surface area contributed by atoms with Crippen molar-refractivity contribution in [2.45, 2.75) is 18.8 Å². The highest BCUT2D eigenvalue weighted by atomic mass is 16.5. The molecule has 1 saturated heterocycles. The Labute approximate surface area is 128 Å². The zero-order valence-electron chi connectivity index (χ0n) is 12.1. The maximum Gasteiger partial charge on any atom is 0.164 e. The maximum absolute atomic E-state index is 9.53. The molecule has 112 valence electrons. The number of ether oxygens (including phenoxy) is 1. The van der Waals surface area contributed by atoms with Crippen LogP contribution in [0.5, 0.6) is 5.75 Å². The number of rotatable bonds is 2. The van der Waals surface area contributed by atoms with E-state index in [2.05, 4.69) is 9.55 Å². The SMILES string of the molecule is Oc1ccc(-n2c(C3CCOCC3)nc3cccnc32)cc1. The lowest BCUT2D eigenvalue weighted by Crippen LogP contribution is -2.17. The van der Waals surface area contributed by atoms with Crippen LogP contribution in [-0.4, -0.2) is 32.9 Å². The quantitative estimate of drug-likeness (QED) is 0.789. The number of nitrogens with zero attached hydrogens (tertiary/aromatic N) is 3. The molecule has 4 rings (SSSR count). The number of phenolic OH excluding ortho intramolecular Hbond substituents is 1. The summed E-state index contributed by atoms with van der Waals surface area (Å²) in [6, 6.07) is 11.1. The highest BCUT2D eigenvalue weighted by molar-refractivity contribution is 5.74. The molecular weight excluding hydrogens is 278 g/mol. The summed E-state index contributed by atoms with van der Waals surface area (Å²) in [4.78, 5) is 9.32. The molecule has 0 aliphatic carbocycles. The van der Waals surface area contributed by atoms with E-state index in [0.717, 1.165) is 48.7 Å². The minimum Gasteiger partial charge on any atom is -0.508 e. The molecule has 2 aromatic heterocycles. The second kappa shape index (κ2) is 5.42. The van der Waals surface area contributed by atoms with Gasteiger partial charge in [-0.15, -0.1) is 0 Å². The molecule has 3 heterocycles. The highest BCUT2D eigenvalue weighted by Crippen LogP contribution is 2.31. The fraction of sp³-hybridized carbons (Fsp3) is 0.294. The van der Waals surface area contributed by atoms with Gasteiger partial charge < -0.3 is 9.84 Å². The van der Waals surface area contributed by atoms with Crippen LogP contribution in [0.3, 0.4) is 0 Å². The fourth-order valence-corrected chi connectivity index (χ4v) is 3.02. The molecule has 0 unspecified atom stereocenters. The smallest absolute Gasteiger partial charge is 0.164 e. The number of aromatic nitrogens is 3. The van der Waals surface area contributed by atoms with E-state index in [1.807, 2.05) is 24.3 Å². The molecule has 0 saturated carbocycles. The van der Waals surface area contributed by atoms with E-state index in [1.165, 1.54) is 0 Å². The van der Waals surface area contributed by atoms with Crippen molar-refractivity contribution in [2.75, 3.05) is 13.2 Å². The molecule has 1 aromatic carbocycles. The zero-order chi connectivity index (χ0) is 14.9. The van der Waals surface area contributed by atoms with Gasteiger partial charge in [0.2, 0.25) is 0 Å². The van der Waals surface area contributed by atoms with Crippen LogP contribution in [0.2, 0.25) is 0 Å². The van der Waals surface area contributed by atoms with Crippen LogP contribution in [0.4, 0.5) is 0 Å². The predicted octanol–water partition coefficient (Wildman–Crippen LogP) is 3.02.